The molecular weight excluding hydrogens is 299 g/mol. The third-order valence-electron chi connectivity index (χ3n) is 3.08. The van der Waals surface area contributed by atoms with Crippen LogP contribution in [0.4, 0.5) is 5.82 Å². The van der Waals surface area contributed by atoms with Gasteiger partial charge in [0, 0.05) is 19.3 Å². The molecule has 112 valence electrons. The number of anilines is 1. The van der Waals surface area contributed by atoms with Crippen molar-refractivity contribution in [3.05, 3.63) is 22.3 Å². The van der Waals surface area contributed by atoms with Crippen molar-refractivity contribution >= 4 is 34.9 Å². The van der Waals surface area contributed by atoms with Gasteiger partial charge >= 0.3 is 0 Å². The molecule has 2 unspecified atom stereocenters. The van der Waals surface area contributed by atoms with Gasteiger partial charge in [-0.25, -0.2) is 4.98 Å². The Labute approximate surface area is 129 Å². The molecule has 1 amide bonds. The molecule has 1 aromatic rings. The summed E-state index contributed by atoms with van der Waals surface area (Å²) in [6.45, 7) is 4.92. The molecule has 4 N–H and O–H groups in total. The molecule has 0 saturated carbocycles. The summed E-state index contributed by atoms with van der Waals surface area (Å²) >= 11 is 11.7. The number of rotatable bonds is 7. The van der Waals surface area contributed by atoms with Crippen LogP contribution in [0, 0.1) is 5.92 Å². The number of nitrogens with zero attached hydrogens (tertiary/aromatic N) is 1. The third kappa shape index (κ3) is 5.15. The van der Waals surface area contributed by atoms with Gasteiger partial charge in [0.05, 0.1) is 16.1 Å². The standard InChI is InChI=1S/C13H20Cl2N4O/c1-3-8(2)11(16)13(20)18-5-4-17-12-10(15)6-9(14)7-19-12/h6-8,11H,3-5,16H2,1-2H3,(H,17,19)(H,18,20). The average molecular weight is 319 g/mol. The van der Waals surface area contributed by atoms with Gasteiger partial charge in [-0.15, -0.1) is 0 Å². The Kier molecular flexibility index (Phi) is 7.05. The highest BCUT2D eigenvalue weighted by Crippen LogP contribution is 2.21. The zero-order chi connectivity index (χ0) is 15.1. The lowest BCUT2D eigenvalue weighted by Gasteiger charge is -2.17. The van der Waals surface area contributed by atoms with Crippen molar-refractivity contribution < 1.29 is 4.79 Å². The van der Waals surface area contributed by atoms with Gasteiger partial charge in [0.1, 0.15) is 5.82 Å². The largest absolute Gasteiger partial charge is 0.367 e. The van der Waals surface area contributed by atoms with Crippen LogP contribution in [-0.2, 0) is 4.79 Å². The number of carbonyl (C=O) groups is 1. The average Bonchev–Trinajstić information content (AvgIpc) is 2.43. The van der Waals surface area contributed by atoms with Gasteiger partial charge in [0.25, 0.3) is 0 Å². The van der Waals surface area contributed by atoms with E-state index < -0.39 is 6.04 Å². The molecule has 0 aromatic carbocycles. The molecule has 0 aliphatic carbocycles. The minimum absolute atomic E-state index is 0.142. The van der Waals surface area contributed by atoms with Gasteiger partial charge < -0.3 is 16.4 Å². The van der Waals surface area contributed by atoms with E-state index in [0.717, 1.165) is 6.42 Å². The van der Waals surface area contributed by atoms with Crippen LogP contribution in [0.15, 0.2) is 12.3 Å². The zero-order valence-corrected chi connectivity index (χ0v) is 13.1. The zero-order valence-electron chi connectivity index (χ0n) is 11.6. The topological polar surface area (TPSA) is 80.0 Å². The predicted octanol–water partition coefficient (Wildman–Crippen LogP) is 2.29. The van der Waals surface area contributed by atoms with Gasteiger partial charge in [0.15, 0.2) is 0 Å². The lowest BCUT2D eigenvalue weighted by Crippen LogP contribution is -2.45. The van der Waals surface area contributed by atoms with Gasteiger partial charge in [-0.3, -0.25) is 4.79 Å². The molecule has 0 aliphatic heterocycles. The molecular formula is C13H20Cl2N4O. The monoisotopic (exact) mass is 318 g/mol. The normalized spacial score (nSPS) is 13.7. The van der Waals surface area contributed by atoms with Crippen LogP contribution in [-0.4, -0.2) is 30.0 Å². The molecule has 0 spiro atoms. The Bertz CT molecular complexity index is 456. The third-order valence-corrected chi connectivity index (χ3v) is 3.58. The second-order valence-electron chi connectivity index (χ2n) is 4.61. The first kappa shape index (κ1) is 17.0. The van der Waals surface area contributed by atoms with E-state index in [1.54, 1.807) is 6.07 Å². The maximum absolute atomic E-state index is 11.7. The van der Waals surface area contributed by atoms with Crippen LogP contribution < -0.4 is 16.4 Å². The van der Waals surface area contributed by atoms with Crippen LogP contribution in [0.25, 0.3) is 0 Å². The first-order valence-corrected chi connectivity index (χ1v) is 7.29. The second kappa shape index (κ2) is 8.29. The Morgan fingerprint density at radius 1 is 1.45 bits per heavy atom. The van der Waals surface area contributed by atoms with E-state index in [9.17, 15) is 4.79 Å². The van der Waals surface area contributed by atoms with Gasteiger partial charge in [0.2, 0.25) is 5.91 Å². The first-order chi connectivity index (χ1) is 9.45. The summed E-state index contributed by atoms with van der Waals surface area (Å²) in [5.74, 6) is 0.559. The summed E-state index contributed by atoms with van der Waals surface area (Å²) in [5, 5.41) is 6.72. The molecule has 2 atom stereocenters. The Morgan fingerprint density at radius 3 is 2.75 bits per heavy atom. The van der Waals surface area contributed by atoms with E-state index in [-0.39, 0.29) is 11.8 Å². The number of pyridine rings is 1. The summed E-state index contributed by atoms with van der Waals surface area (Å²) in [6.07, 6.45) is 2.38. The Morgan fingerprint density at radius 2 is 2.15 bits per heavy atom. The van der Waals surface area contributed by atoms with Crippen molar-refractivity contribution in [2.45, 2.75) is 26.3 Å². The van der Waals surface area contributed by atoms with E-state index in [1.807, 2.05) is 13.8 Å². The number of hydrogen-bond donors (Lipinski definition) is 3. The van der Waals surface area contributed by atoms with Crippen molar-refractivity contribution in [2.24, 2.45) is 11.7 Å². The van der Waals surface area contributed by atoms with Crippen molar-refractivity contribution in [1.82, 2.24) is 10.3 Å². The molecule has 0 saturated heterocycles. The van der Waals surface area contributed by atoms with Crippen molar-refractivity contribution in [3.8, 4) is 0 Å². The van der Waals surface area contributed by atoms with E-state index in [4.69, 9.17) is 28.9 Å². The summed E-state index contributed by atoms with van der Waals surface area (Å²) in [6, 6.07) is 1.13. The van der Waals surface area contributed by atoms with Gasteiger partial charge in [-0.1, -0.05) is 43.5 Å². The molecule has 0 aliphatic rings. The first-order valence-electron chi connectivity index (χ1n) is 6.54. The lowest BCUT2D eigenvalue weighted by molar-refractivity contribution is -0.123. The van der Waals surface area contributed by atoms with Crippen molar-refractivity contribution in [1.29, 1.82) is 0 Å². The van der Waals surface area contributed by atoms with Crippen molar-refractivity contribution in [3.63, 3.8) is 0 Å². The summed E-state index contributed by atoms with van der Waals surface area (Å²) in [4.78, 5) is 15.8. The van der Waals surface area contributed by atoms with Crippen LogP contribution in [0.2, 0.25) is 10.0 Å². The van der Waals surface area contributed by atoms with E-state index in [1.165, 1.54) is 6.20 Å². The minimum Gasteiger partial charge on any atom is -0.367 e. The highest BCUT2D eigenvalue weighted by atomic mass is 35.5. The molecule has 1 rings (SSSR count). The molecule has 0 radical (unpaired) electrons. The fourth-order valence-corrected chi connectivity index (χ4v) is 1.99. The number of hydrogen-bond acceptors (Lipinski definition) is 4. The number of nitrogens with two attached hydrogens (primary N) is 1. The molecule has 0 bridgehead atoms. The second-order valence-corrected chi connectivity index (χ2v) is 5.46. The number of carbonyl (C=O) groups excluding carboxylic acids is 1. The van der Waals surface area contributed by atoms with Crippen LogP contribution in [0.5, 0.6) is 0 Å². The van der Waals surface area contributed by atoms with E-state index in [2.05, 4.69) is 15.6 Å². The molecule has 1 aromatic heterocycles. The highest BCUT2D eigenvalue weighted by Gasteiger charge is 2.18. The highest BCUT2D eigenvalue weighted by molar-refractivity contribution is 6.35. The Balaban J connectivity index is 2.33. The Hall–Kier alpha value is -1.04. The van der Waals surface area contributed by atoms with Crippen LogP contribution in [0.3, 0.4) is 0 Å². The summed E-state index contributed by atoms with van der Waals surface area (Å²) in [7, 11) is 0. The maximum atomic E-state index is 11.7. The number of halogens is 2. The quantitative estimate of drug-likeness (QED) is 0.674. The maximum Gasteiger partial charge on any atom is 0.237 e. The van der Waals surface area contributed by atoms with E-state index >= 15 is 0 Å². The lowest BCUT2D eigenvalue weighted by atomic mass is 9.99. The smallest absolute Gasteiger partial charge is 0.237 e. The van der Waals surface area contributed by atoms with Crippen LogP contribution in [0.1, 0.15) is 20.3 Å². The SMILES string of the molecule is CCC(C)C(N)C(=O)NCCNc1ncc(Cl)cc1Cl. The molecule has 1 heterocycles. The predicted molar refractivity (Wildman–Crippen MR) is 83.2 cm³/mol. The summed E-state index contributed by atoms with van der Waals surface area (Å²) in [5.41, 5.74) is 5.82. The molecule has 5 nitrogen and oxygen atoms in total. The molecule has 20 heavy (non-hydrogen) atoms. The molecule has 7 heteroatoms. The fraction of sp³-hybridized carbons (Fsp3) is 0.538. The van der Waals surface area contributed by atoms with Gasteiger partial charge in [-0.05, 0) is 12.0 Å². The van der Waals surface area contributed by atoms with E-state index in [0.29, 0.717) is 29.0 Å². The fourth-order valence-electron chi connectivity index (χ4n) is 1.54. The van der Waals surface area contributed by atoms with Gasteiger partial charge in [-0.2, -0.15) is 0 Å². The minimum atomic E-state index is -0.475. The molecule has 0 fully saturated rings. The van der Waals surface area contributed by atoms with Crippen molar-refractivity contribution in [2.75, 3.05) is 18.4 Å². The number of amides is 1. The van der Waals surface area contributed by atoms with Crippen LogP contribution >= 0.6 is 23.2 Å². The number of aromatic nitrogens is 1. The summed E-state index contributed by atoms with van der Waals surface area (Å²) < 4.78 is 0. The number of nitrogens with one attached hydrogen (secondary N) is 2.